The Morgan fingerprint density at radius 3 is 2.46 bits per heavy atom. The number of carbonyl (C=O) groups excluding carboxylic acids is 3. The number of fused-ring (bicyclic) bond motifs is 4. The van der Waals surface area contributed by atoms with Crippen molar-refractivity contribution in [1.82, 2.24) is 29.8 Å². The predicted molar refractivity (Wildman–Crippen MR) is 179 cm³/mol. The van der Waals surface area contributed by atoms with Gasteiger partial charge in [-0.25, -0.2) is 19.3 Å². The van der Waals surface area contributed by atoms with Crippen molar-refractivity contribution in [3.8, 4) is 0 Å². The summed E-state index contributed by atoms with van der Waals surface area (Å²) < 4.78 is 35.2. The number of pyridine rings is 1. The van der Waals surface area contributed by atoms with Crippen LogP contribution in [0.15, 0.2) is 53.8 Å². The first kappa shape index (κ1) is 35.3. The molecule has 0 fully saturated rings. The Hall–Kier alpha value is -4.54. The van der Waals surface area contributed by atoms with Gasteiger partial charge in [0, 0.05) is 23.7 Å². The number of amides is 1. The van der Waals surface area contributed by atoms with E-state index in [0.29, 0.717) is 67.7 Å². The molecule has 0 bridgehead atoms. The van der Waals surface area contributed by atoms with Gasteiger partial charge in [0.25, 0.3) is 5.91 Å². The molecule has 0 saturated heterocycles. The number of benzene rings is 1. The lowest BCUT2D eigenvalue weighted by atomic mass is 9.82. The molecule has 0 aliphatic carbocycles. The van der Waals surface area contributed by atoms with Crippen LogP contribution in [-0.2, 0) is 51.1 Å². The van der Waals surface area contributed by atoms with Gasteiger partial charge < -0.3 is 38.2 Å². The second-order valence-corrected chi connectivity index (χ2v) is 12.3. The summed E-state index contributed by atoms with van der Waals surface area (Å²) in [6, 6.07) is 9.41. The highest BCUT2D eigenvalue weighted by Gasteiger charge is 2.52. The molecule has 1 aromatic carbocycles. The molecule has 0 spiro atoms. The van der Waals surface area contributed by atoms with Gasteiger partial charge in [-0.05, 0) is 44.3 Å². The Labute approximate surface area is 289 Å². The Morgan fingerprint density at radius 2 is 1.72 bits per heavy atom. The van der Waals surface area contributed by atoms with Crippen LogP contribution in [0.3, 0.4) is 0 Å². The average Bonchev–Trinajstić information content (AvgIpc) is 3.66. The van der Waals surface area contributed by atoms with Crippen molar-refractivity contribution >= 4 is 34.4 Å². The molecule has 2 aromatic heterocycles. The normalized spacial score (nSPS) is 18.3. The van der Waals surface area contributed by atoms with Gasteiger partial charge >= 0.3 is 11.9 Å². The lowest BCUT2D eigenvalue weighted by Crippen LogP contribution is -2.51. The third-order valence-electron chi connectivity index (χ3n) is 8.54. The zero-order valence-electron chi connectivity index (χ0n) is 28.6. The van der Waals surface area contributed by atoms with Crippen LogP contribution in [0.5, 0.6) is 0 Å². The van der Waals surface area contributed by atoms with Crippen LogP contribution >= 0.6 is 0 Å². The number of nitrogens with zero attached hydrogens (tertiary/aromatic N) is 6. The third kappa shape index (κ3) is 7.76. The van der Waals surface area contributed by atoms with Crippen LogP contribution < -0.4 is 0 Å². The number of hydrogen-bond acceptors (Lipinski definition) is 13. The van der Waals surface area contributed by atoms with Crippen molar-refractivity contribution in [1.29, 1.82) is 0 Å². The van der Waals surface area contributed by atoms with E-state index in [1.807, 2.05) is 55.5 Å². The first-order valence-corrected chi connectivity index (χ1v) is 16.7. The summed E-state index contributed by atoms with van der Waals surface area (Å²) in [5, 5.41) is 9.07. The van der Waals surface area contributed by atoms with Gasteiger partial charge in [0.2, 0.25) is 5.60 Å². The molecule has 0 saturated carbocycles. The molecule has 6 rings (SSSR count). The van der Waals surface area contributed by atoms with Crippen LogP contribution in [0.2, 0.25) is 0 Å². The Balaban J connectivity index is 0.913. The lowest BCUT2D eigenvalue weighted by Gasteiger charge is -2.39. The molecule has 50 heavy (non-hydrogen) atoms. The monoisotopic (exact) mass is 690 g/mol. The van der Waals surface area contributed by atoms with Gasteiger partial charge in [0.05, 0.1) is 81.8 Å². The fourth-order valence-corrected chi connectivity index (χ4v) is 6.12. The standard InChI is InChI=1S/C35H42N6O9/c1-4-35(50-31(42)23-48-16-15-47-14-13-46-12-11-45-10-9-40-21-26(37-38-40)20-39(2)3)28-18-30-32-27(17-24-7-5-6-8-29(24)36-32)33(43)41(30)19-25(28)22-49-34(35)44/h5-8,17-18,21H,4,9-16,19-20,22-23H2,1-3H3/t35-/m0/s1. The molecular formula is C35H42N6O9. The van der Waals surface area contributed by atoms with E-state index in [1.165, 1.54) is 0 Å². The van der Waals surface area contributed by atoms with Crippen LogP contribution in [0.1, 0.15) is 35.1 Å². The number of aromatic nitrogens is 4. The van der Waals surface area contributed by atoms with Crippen molar-refractivity contribution in [2.75, 3.05) is 80.1 Å². The van der Waals surface area contributed by atoms with Gasteiger partial charge in [-0.3, -0.25) is 4.79 Å². The maximum atomic E-state index is 13.4. The van der Waals surface area contributed by atoms with Gasteiger partial charge in [0.15, 0.2) is 0 Å². The zero-order valence-corrected chi connectivity index (χ0v) is 28.6. The second kappa shape index (κ2) is 16.0. The average molecular weight is 691 g/mol. The number of carbonyl (C=O) groups is 3. The number of cyclic esters (lactones) is 1. The van der Waals surface area contributed by atoms with E-state index in [9.17, 15) is 14.4 Å². The topological polar surface area (TPSA) is 157 Å². The SMILES string of the molecule is CC[C@@]1(OC(=O)COCCOCCOCCOCCn2cc(CN(C)C)nn2)C(=O)OCC2=C1C=C1c3nc4ccccc4cc3C(=O)N1C2. The predicted octanol–water partition coefficient (Wildman–Crippen LogP) is 2.01. The molecule has 266 valence electrons. The molecule has 15 heteroatoms. The molecule has 0 N–H and O–H groups in total. The molecular weight excluding hydrogens is 648 g/mol. The zero-order chi connectivity index (χ0) is 35.1. The van der Waals surface area contributed by atoms with E-state index >= 15 is 0 Å². The van der Waals surface area contributed by atoms with E-state index < -0.39 is 17.5 Å². The minimum absolute atomic E-state index is 0.000433. The number of hydrogen-bond donors (Lipinski definition) is 0. The first-order valence-electron chi connectivity index (χ1n) is 16.7. The summed E-state index contributed by atoms with van der Waals surface area (Å²) >= 11 is 0. The Bertz CT molecular complexity index is 1790. The lowest BCUT2D eigenvalue weighted by molar-refractivity contribution is -0.182. The van der Waals surface area contributed by atoms with Gasteiger partial charge in [-0.2, -0.15) is 0 Å². The Morgan fingerprint density at radius 1 is 1.00 bits per heavy atom. The fourth-order valence-electron chi connectivity index (χ4n) is 6.12. The molecule has 5 heterocycles. The van der Waals surface area contributed by atoms with Crippen molar-refractivity contribution in [2.45, 2.75) is 32.0 Å². The van der Waals surface area contributed by atoms with Crippen LogP contribution in [0.4, 0.5) is 0 Å². The highest BCUT2D eigenvalue weighted by Crippen LogP contribution is 2.44. The van der Waals surface area contributed by atoms with E-state index in [-0.39, 0.29) is 45.3 Å². The van der Waals surface area contributed by atoms with Crippen molar-refractivity contribution in [3.63, 3.8) is 0 Å². The van der Waals surface area contributed by atoms with Gasteiger partial charge in [0.1, 0.15) is 18.9 Å². The molecule has 3 aliphatic heterocycles. The first-order chi connectivity index (χ1) is 24.3. The van der Waals surface area contributed by atoms with E-state index in [2.05, 4.69) is 10.3 Å². The summed E-state index contributed by atoms with van der Waals surface area (Å²) in [6.07, 6.45) is 3.79. The van der Waals surface area contributed by atoms with Crippen LogP contribution in [0.25, 0.3) is 16.6 Å². The largest absolute Gasteiger partial charge is 0.458 e. The smallest absolute Gasteiger partial charge is 0.355 e. The highest BCUT2D eigenvalue weighted by atomic mass is 16.6. The van der Waals surface area contributed by atoms with E-state index in [1.54, 1.807) is 22.6 Å². The quantitative estimate of drug-likeness (QED) is 0.141. The van der Waals surface area contributed by atoms with Crippen molar-refractivity contribution < 1.29 is 42.8 Å². The maximum absolute atomic E-state index is 13.4. The van der Waals surface area contributed by atoms with Gasteiger partial charge in [-0.1, -0.05) is 30.3 Å². The molecule has 0 radical (unpaired) electrons. The minimum atomic E-state index is -1.67. The van der Waals surface area contributed by atoms with Crippen LogP contribution in [0, 0.1) is 0 Å². The van der Waals surface area contributed by atoms with Crippen molar-refractivity contribution in [3.05, 3.63) is 70.7 Å². The highest BCUT2D eigenvalue weighted by molar-refractivity contribution is 6.11. The number of ether oxygens (including phenoxy) is 6. The van der Waals surface area contributed by atoms with Gasteiger partial charge in [-0.15, -0.1) is 5.10 Å². The third-order valence-corrected chi connectivity index (χ3v) is 8.54. The number of esters is 2. The molecule has 1 atom stereocenters. The maximum Gasteiger partial charge on any atom is 0.355 e. The summed E-state index contributed by atoms with van der Waals surface area (Å²) in [4.78, 5) is 48.0. The summed E-state index contributed by atoms with van der Waals surface area (Å²) in [6.45, 7) is 5.43. The molecule has 3 aromatic rings. The second-order valence-electron chi connectivity index (χ2n) is 12.3. The molecule has 15 nitrogen and oxygen atoms in total. The molecule has 1 amide bonds. The fraction of sp³-hybridized carbons (Fsp3) is 0.486. The molecule has 3 aliphatic rings. The summed E-state index contributed by atoms with van der Waals surface area (Å²) in [5.41, 5.74) is 2.80. The van der Waals surface area contributed by atoms with Crippen LogP contribution in [-0.4, -0.2) is 133 Å². The van der Waals surface area contributed by atoms with Crippen molar-refractivity contribution in [2.24, 2.45) is 0 Å². The van der Waals surface area contributed by atoms with E-state index in [4.69, 9.17) is 33.4 Å². The Kier molecular flexibility index (Phi) is 11.3. The summed E-state index contributed by atoms with van der Waals surface area (Å²) in [5.74, 6) is -1.55. The minimum Gasteiger partial charge on any atom is -0.458 e. The van der Waals surface area contributed by atoms with E-state index in [0.717, 1.165) is 23.1 Å². The summed E-state index contributed by atoms with van der Waals surface area (Å²) in [7, 11) is 3.96. The molecule has 0 unspecified atom stereocenters. The number of para-hydroxylation sites is 1. The number of rotatable bonds is 18.